The summed E-state index contributed by atoms with van der Waals surface area (Å²) in [5.74, 6) is 0.320. The topological polar surface area (TPSA) is 106 Å². The molecule has 0 bridgehead atoms. The first kappa shape index (κ1) is 24.1. The Morgan fingerprint density at radius 1 is 1.12 bits per heavy atom. The smallest absolute Gasteiger partial charge is 0.308 e. The van der Waals surface area contributed by atoms with Crippen molar-refractivity contribution in [2.24, 2.45) is 5.92 Å². The summed E-state index contributed by atoms with van der Waals surface area (Å²) in [6.45, 7) is 0. The van der Waals surface area contributed by atoms with E-state index in [1.807, 2.05) is 16.9 Å². The van der Waals surface area contributed by atoms with Crippen molar-refractivity contribution >= 4 is 23.5 Å². The van der Waals surface area contributed by atoms with Crippen LogP contribution in [0.5, 0.6) is 5.75 Å². The van der Waals surface area contributed by atoms with Crippen LogP contribution in [0.25, 0.3) is 0 Å². The SMILES string of the molecule is COC(=O)[C@H]1CC[C@H](n2ccc(C(=O)N[C@H]3CC[C@H](Oc4ccc(C#N)c(Cl)c4)CC3)n2)CC1. The van der Waals surface area contributed by atoms with Gasteiger partial charge in [0.15, 0.2) is 0 Å². The first-order chi connectivity index (χ1) is 16.5. The third-order valence-electron chi connectivity index (χ3n) is 6.82. The van der Waals surface area contributed by atoms with E-state index in [9.17, 15) is 9.59 Å². The Morgan fingerprint density at radius 2 is 1.85 bits per heavy atom. The molecule has 1 N–H and O–H groups in total. The number of nitriles is 1. The molecule has 0 aliphatic heterocycles. The van der Waals surface area contributed by atoms with Crippen molar-refractivity contribution < 1.29 is 19.1 Å². The summed E-state index contributed by atoms with van der Waals surface area (Å²) < 4.78 is 12.7. The molecule has 0 spiro atoms. The number of ether oxygens (including phenoxy) is 2. The number of carbonyl (C=O) groups is 2. The molecule has 2 aromatic rings. The lowest BCUT2D eigenvalue weighted by atomic mass is 9.86. The molecule has 1 heterocycles. The van der Waals surface area contributed by atoms with Crippen LogP contribution in [0.15, 0.2) is 30.5 Å². The van der Waals surface area contributed by atoms with Crippen molar-refractivity contribution in [2.45, 2.75) is 69.6 Å². The van der Waals surface area contributed by atoms with Gasteiger partial charge in [-0.05, 0) is 69.6 Å². The van der Waals surface area contributed by atoms with E-state index in [1.54, 1.807) is 24.3 Å². The summed E-state index contributed by atoms with van der Waals surface area (Å²) in [7, 11) is 1.43. The summed E-state index contributed by atoms with van der Waals surface area (Å²) in [6.07, 6.45) is 8.42. The molecule has 1 amide bonds. The number of hydrogen-bond acceptors (Lipinski definition) is 6. The molecule has 0 atom stereocenters. The minimum absolute atomic E-state index is 0.0346. The molecule has 0 saturated heterocycles. The van der Waals surface area contributed by atoms with Crippen molar-refractivity contribution in [1.82, 2.24) is 15.1 Å². The number of aromatic nitrogens is 2. The lowest BCUT2D eigenvalue weighted by Gasteiger charge is -2.29. The van der Waals surface area contributed by atoms with E-state index in [2.05, 4.69) is 10.4 Å². The molecule has 2 saturated carbocycles. The number of methoxy groups -OCH3 is 1. The van der Waals surface area contributed by atoms with Crippen molar-refractivity contribution in [2.75, 3.05) is 7.11 Å². The summed E-state index contributed by atoms with van der Waals surface area (Å²) in [5.41, 5.74) is 0.845. The lowest BCUT2D eigenvalue weighted by molar-refractivity contribution is -0.146. The van der Waals surface area contributed by atoms with Gasteiger partial charge < -0.3 is 14.8 Å². The molecular formula is C25H29ClN4O4. The third-order valence-corrected chi connectivity index (χ3v) is 7.13. The van der Waals surface area contributed by atoms with Gasteiger partial charge in [0.25, 0.3) is 5.91 Å². The summed E-state index contributed by atoms with van der Waals surface area (Å²) in [4.78, 5) is 24.5. The number of hydrogen-bond donors (Lipinski definition) is 1. The number of halogens is 1. The van der Waals surface area contributed by atoms with Crippen LogP contribution in [0.3, 0.4) is 0 Å². The molecule has 9 heteroatoms. The Hall–Kier alpha value is -3.05. The maximum atomic E-state index is 12.7. The Labute approximate surface area is 204 Å². The Morgan fingerprint density at radius 3 is 2.50 bits per heavy atom. The highest BCUT2D eigenvalue weighted by Crippen LogP contribution is 2.32. The van der Waals surface area contributed by atoms with Gasteiger partial charge in [-0.2, -0.15) is 10.4 Å². The predicted molar refractivity (Wildman–Crippen MR) is 126 cm³/mol. The quantitative estimate of drug-likeness (QED) is 0.608. The van der Waals surface area contributed by atoms with Crippen molar-refractivity contribution in [1.29, 1.82) is 5.26 Å². The zero-order valence-corrected chi connectivity index (χ0v) is 20.0. The minimum atomic E-state index is -0.162. The normalized spacial score (nSPS) is 24.6. The second-order valence-electron chi connectivity index (χ2n) is 9.03. The number of carbonyl (C=O) groups excluding carboxylic acids is 2. The molecule has 2 fully saturated rings. The molecule has 0 radical (unpaired) electrons. The highest BCUT2D eigenvalue weighted by molar-refractivity contribution is 6.31. The number of nitrogens with zero attached hydrogens (tertiary/aromatic N) is 3. The van der Waals surface area contributed by atoms with Crippen LogP contribution in [0.4, 0.5) is 0 Å². The van der Waals surface area contributed by atoms with Crippen LogP contribution < -0.4 is 10.1 Å². The summed E-state index contributed by atoms with van der Waals surface area (Å²) in [5, 5.41) is 17.0. The average molecular weight is 485 g/mol. The van der Waals surface area contributed by atoms with E-state index < -0.39 is 0 Å². The van der Waals surface area contributed by atoms with Gasteiger partial charge >= 0.3 is 5.97 Å². The maximum absolute atomic E-state index is 12.7. The van der Waals surface area contributed by atoms with E-state index in [1.165, 1.54) is 7.11 Å². The van der Waals surface area contributed by atoms with Crippen molar-refractivity contribution in [3.05, 3.63) is 46.7 Å². The molecule has 1 aromatic carbocycles. The van der Waals surface area contributed by atoms with Gasteiger partial charge in [-0.1, -0.05) is 11.6 Å². The summed E-state index contributed by atoms with van der Waals surface area (Å²) >= 11 is 6.09. The molecular weight excluding hydrogens is 456 g/mol. The number of nitrogens with one attached hydrogen (secondary N) is 1. The second kappa shape index (κ2) is 10.9. The second-order valence-corrected chi connectivity index (χ2v) is 9.44. The van der Waals surface area contributed by atoms with E-state index in [4.69, 9.17) is 26.3 Å². The van der Waals surface area contributed by atoms with E-state index in [0.29, 0.717) is 22.0 Å². The number of rotatable bonds is 6. The van der Waals surface area contributed by atoms with Crippen LogP contribution in [0, 0.1) is 17.2 Å². The van der Waals surface area contributed by atoms with Crippen LogP contribution >= 0.6 is 11.6 Å². The highest BCUT2D eigenvalue weighted by atomic mass is 35.5. The Kier molecular flexibility index (Phi) is 7.73. The largest absolute Gasteiger partial charge is 0.490 e. The van der Waals surface area contributed by atoms with Gasteiger partial charge in [0.1, 0.15) is 17.5 Å². The van der Waals surface area contributed by atoms with E-state index in [-0.39, 0.29) is 36.0 Å². The standard InChI is InChI=1S/C25H29ClN4O4/c1-33-25(32)16-2-7-19(8-3-16)30-13-12-23(29-30)24(31)28-18-5-10-20(11-6-18)34-21-9-4-17(15-27)22(26)14-21/h4,9,12-14,16,18-20H,2-3,5-8,10-11H2,1H3,(H,28,31)/t16-,18-,19-,20-. The van der Waals surface area contributed by atoms with Crippen LogP contribution in [0.2, 0.25) is 5.02 Å². The van der Waals surface area contributed by atoms with Crippen molar-refractivity contribution in [3.8, 4) is 11.8 Å². The number of benzene rings is 1. The Balaban J connectivity index is 1.23. The fourth-order valence-electron chi connectivity index (χ4n) is 4.84. The predicted octanol–water partition coefficient (Wildman–Crippen LogP) is 4.43. The van der Waals surface area contributed by atoms with Crippen LogP contribution in [-0.4, -0.2) is 40.9 Å². The van der Waals surface area contributed by atoms with Gasteiger partial charge in [0, 0.05) is 18.3 Å². The minimum Gasteiger partial charge on any atom is -0.490 e. The zero-order chi connectivity index (χ0) is 24.1. The van der Waals surface area contributed by atoms with Gasteiger partial charge in [-0.25, -0.2) is 0 Å². The summed E-state index contributed by atoms with van der Waals surface area (Å²) in [6, 6.07) is 9.17. The molecule has 1 aromatic heterocycles. The third kappa shape index (κ3) is 5.71. The molecule has 2 aliphatic rings. The first-order valence-corrected chi connectivity index (χ1v) is 12.1. The van der Waals surface area contributed by atoms with Gasteiger partial charge in [-0.15, -0.1) is 0 Å². The molecule has 180 valence electrons. The lowest BCUT2D eigenvalue weighted by Crippen LogP contribution is -2.40. The molecule has 0 unspecified atom stereocenters. The fourth-order valence-corrected chi connectivity index (χ4v) is 5.05. The molecule has 2 aliphatic carbocycles. The van der Waals surface area contributed by atoms with Crippen molar-refractivity contribution in [3.63, 3.8) is 0 Å². The number of amides is 1. The van der Waals surface area contributed by atoms with Gasteiger partial charge in [0.05, 0.1) is 35.8 Å². The monoisotopic (exact) mass is 484 g/mol. The average Bonchev–Trinajstić information content (AvgIpc) is 3.36. The number of esters is 1. The fraction of sp³-hybridized carbons (Fsp3) is 0.520. The first-order valence-electron chi connectivity index (χ1n) is 11.8. The van der Waals surface area contributed by atoms with E-state index >= 15 is 0 Å². The zero-order valence-electron chi connectivity index (χ0n) is 19.2. The molecule has 8 nitrogen and oxygen atoms in total. The maximum Gasteiger partial charge on any atom is 0.308 e. The van der Waals surface area contributed by atoms with Gasteiger partial charge in [-0.3, -0.25) is 14.3 Å². The van der Waals surface area contributed by atoms with Crippen LogP contribution in [-0.2, 0) is 9.53 Å². The van der Waals surface area contributed by atoms with Crippen LogP contribution in [0.1, 0.15) is 73.5 Å². The van der Waals surface area contributed by atoms with Gasteiger partial charge in [0.2, 0.25) is 0 Å². The highest BCUT2D eigenvalue weighted by Gasteiger charge is 2.29. The van der Waals surface area contributed by atoms with E-state index in [0.717, 1.165) is 51.4 Å². The Bertz CT molecular complexity index is 1060. The molecule has 34 heavy (non-hydrogen) atoms. The molecule has 4 rings (SSSR count).